The van der Waals surface area contributed by atoms with E-state index >= 15 is 0 Å². The molecule has 0 aliphatic rings. The molecule has 0 amide bonds. The molecule has 2 aromatic carbocycles. The van der Waals surface area contributed by atoms with Gasteiger partial charge >= 0.3 is 0 Å². The third-order valence-electron chi connectivity index (χ3n) is 2.77. The van der Waals surface area contributed by atoms with Gasteiger partial charge in [-0.25, -0.2) is 0 Å². The van der Waals surface area contributed by atoms with Crippen molar-refractivity contribution in [3.05, 3.63) is 59.4 Å². The molecule has 3 nitrogen and oxygen atoms in total. The van der Waals surface area contributed by atoms with E-state index in [2.05, 4.69) is 27.2 Å². The Morgan fingerprint density at radius 3 is 2.50 bits per heavy atom. The Hall–Kier alpha value is -2.07. The first kappa shape index (κ1) is 11.0. The van der Waals surface area contributed by atoms with Crippen molar-refractivity contribution < 1.29 is 0 Å². The van der Waals surface area contributed by atoms with Crippen molar-refractivity contribution in [1.82, 2.24) is 4.57 Å². The van der Waals surface area contributed by atoms with Gasteiger partial charge in [-0.05, 0) is 24.3 Å². The number of anilines is 1. The third kappa shape index (κ3) is 2.02. The van der Waals surface area contributed by atoms with Crippen molar-refractivity contribution in [2.75, 3.05) is 5.43 Å². The molecule has 0 saturated carbocycles. The first-order valence-electron chi connectivity index (χ1n) is 5.74. The molecule has 0 saturated heterocycles. The van der Waals surface area contributed by atoms with Crippen molar-refractivity contribution in [2.24, 2.45) is 12.1 Å². The van der Waals surface area contributed by atoms with Crippen molar-refractivity contribution >= 4 is 27.2 Å². The second-order valence-electron chi connectivity index (χ2n) is 4.00. The zero-order valence-corrected chi connectivity index (χ0v) is 10.8. The lowest BCUT2D eigenvalue weighted by Crippen LogP contribution is -2.12. The predicted molar refractivity (Wildman–Crippen MR) is 76.4 cm³/mol. The SMILES string of the molecule is Cn1/c(=N/Nc2ccccc2)sc2ccccc21. The molecular weight excluding hydrogens is 242 g/mol. The number of hydrogen-bond acceptors (Lipinski definition) is 3. The van der Waals surface area contributed by atoms with Gasteiger partial charge in [0.1, 0.15) is 0 Å². The predicted octanol–water partition coefficient (Wildman–Crippen LogP) is 3.17. The maximum absolute atomic E-state index is 4.44. The van der Waals surface area contributed by atoms with Crippen LogP contribution in [0.25, 0.3) is 10.2 Å². The van der Waals surface area contributed by atoms with Crippen LogP contribution in [0, 0.1) is 0 Å². The Balaban J connectivity index is 2.02. The molecular formula is C14H13N3S. The van der Waals surface area contributed by atoms with Gasteiger partial charge in [0.05, 0.1) is 15.9 Å². The number of nitrogens with one attached hydrogen (secondary N) is 1. The Kier molecular flexibility index (Phi) is 2.86. The third-order valence-corrected chi connectivity index (χ3v) is 3.88. The molecule has 1 N–H and O–H groups in total. The molecule has 3 rings (SSSR count). The first-order chi connectivity index (χ1) is 8.84. The molecule has 4 heteroatoms. The van der Waals surface area contributed by atoms with Gasteiger partial charge in [-0.1, -0.05) is 41.7 Å². The van der Waals surface area contributed by atoms with Crippen LogP contribution in [0.3, 0.4) is 0 Å². The molecule has 3 aromatic rings. The summed E-state index contributed by atoms with van der Waals surface area (Å²) < 4.78 is 3.34. The van der Waals surface area contributed by atoms with Gasteiger partial charge in [0.25, 0.3) is 0 Å². The molecule has 0 aliphatic heterocycles. The number of benzene rings is 2. The maximum Gasteiger partial charge on any atom is 0.208 e. The Labute approximate surface area is 109 Å². The summed E-state index contributed by atoms with van der Waals surface area (Å²) in [5.74, 6) is 0. The van der Waals surface area contributed by atoms with E-state index in [0.29, 0.717) is 0 Å². The number of hydrogen-bond donors (Lipinski definition) is 1. The van der Waals surface area contributed by atoms with Crippen LogP contribution in [0.2, 0.25) is 0 Å². The van der Waals surface area contributed by atoms with Gasteiger partial charge in [0, 0.05) is 7.05 Å². The highest BCUT2D eigenvalue weighted by Gasteiger charge is 2.00. The van der Waals surface area contributed by atoms with Gasteiger partial charge in [0.2, 0.25) is 4.80 Å². The fraction of sp³-hybridized carbons (Fsp3) is 0.0714. The number of fused-ring (bicyclic) bond motifs is 1. The summed E-state index contributed by atoms with van der Waals surface area (Å²) in [6.07, 6.45) is 0. The molecule has 0 unspecified atom stereocenters. The van der Waals surface area contributed by atoms with E-state index in [4.69, 9.17) is 0 Å². The number of nitrogens with zero attached hydrogens (tertiary/aromatic N) is 2. The van der Waals surface area contributed by atoms with Gasteiger partial charge < -0.3 is 4.57 Å². The summed E-state index contributed by atoms with van der Waals surface area (Å²) in [7, 11) is 2.03. The van der Waals surface area contributed by atoms with Gasteiger partial charge in [-0.3, -0.25) is 5.43 Å². The van der Waals surface area contributed by atoms with Crippen LogP contribution in [0.15, 0.2) is 59.7 Å². The van der Waals surface area contributed by atoms with E-state index in [1.165, 1.54) is 10.2 Å². The fourth-order valence-electron chi connectivity index (χ4n) is 1.81. The van der Waals surface area contributed by atoms with Crippen LogP contribution in [-0.4, -0.2) is 4.57 Å². The lowest BCUT2D eigenvalue weighted by atomic mass is 10.3. The quantitative estimate of drug-likeness (QED) is 0.700. The highest BCUT2D eigenvalue weighted by atomic mass is 32.1. The maximum atomic E-state index is 4.44. The summed E-state index contributed by atoms with van der Waals surface area (Å²) in [5.41, 5.74) is 5.28. The van der Waals surface area contributed by atoms with Crippen LogP contribution in [0.5, 0.6) is 0 Å². The van der Waals surface area contributed by atoms with E-state index in [-0.39, 0.29) is 0 Å². The normalized spacial score (nSPS) is 11.9. The number of para-hydroxylation sites is 2. The Morgan fingerprint density at radius 1 is 1.00 bits per heavy atom. The first-order valence-corrected chi connectivity index (χ1v) is 6.55. The average Bonchev–Trinajstić information content (AvgIpc) is 2.75. The van der Waals surface area contributed by atoms with Crippen molar-refractivity contribution in [2.45, 2.75) is 0 Å². The lowest BCUT2D eigenvalue weighted by Gasteiger charge is -1.98. The van der Waals surface area contributed by atoms with E-state index in [1.807, 2.05) is 49.5 Å². The second-order valence-corrected chi connectivity index (χ2v) is 5.01. The molecule has 1 aromatic heterocycles. The van der Waals surface area contributed by atoms with Crippen LogP contribution < -0.4 is 10.2 Å². The largest absolute Gasteiger partial charge is 0.318 e. The Bertz CT molecular complexity index is 725. The number of aryl methyl sites for hydroxylation is 1. The molecule has 0 radical (unpaired) electrons. The molecule has 18 heavy (non-hydrogen) atoms. The molecule has 0 bridgehead atoms. The lowest BCUT2D eigenvalue weighted by molar-refractivity contribution is 0.901. The van der Waals surface area contributed by atoms with E-state index in [1.54, 1.807) is 11.3 Å². The van der Waals surface area contributed by atoms with E-state index in [9.17, 15) is 0 Å². The van der Waals surface area contributed by atoms with Gasteiger partial charge in [-0.2, -0.15) is 0 Å². The van der Waals surface area contributed by atoms with Crippen molar-refractivity contribution in [3.63, 3.8) is 0 Å². The summed E-state index contributed by atoms with van der Waals surface area (Å²) in [6.45, 7) is 0. The number of aromatic nitrogens is 1. The summed E-state index contributed by atoms with van der Waals surface area (Å²) in [5, 5.41) is 4.44. The second kappa shape index (κ2) is 4.66. The minimum absolute atomic E-state index is 0.958. The van der Waals surface area contributed by atoms with E-state index < -0.39 is 0 Å². The summed E-state index contributed by atoms with van der Waals surface area (Å²) in [6, 6.07) is 18.3. The van der Waals surface area contributed by atoms with Crippen molar-refractivity contribution in [3.8, 4) is 0 Å². The molecule has 0 fully saturated rings. The highest BCUT2D eigenvalue weighted by Crippen LogP contribution is 2.15. The fourth-order valence-corrected chi connectivity index (χ4v) is 2.79. The van der Waals surface area contributed by atoms with Crippen LogP contribution in [0.4, 0.5) is 5.69 Å². The van der Waals surface area contributed by atoms with Crippen LogP contribution in [0.1, 0.15) is 0 Å². The smallest absolute Gasteiger partial charge is 0.208 e. The summed E-state index contributed by atoms with van der Waals surface area (Å²) >= 11 is 1.68. The molecule has 90 valence electrons. The van der Waals surface area contributed by atoms with Crippen molar-refractivity contribution in [1.29, 1.82) is 0 Å². The number of thiazole rings is 1. The zero-order chi connectivity index (χ0) is 12.4. The molecule has 0 spiro atoms. The minimum Gasteiger partial charge on any atom is -0.318 e. The average molecular weight is 255 g/mol. The van der Waals surface area contributed by atoms with Gasteiger partial charge in [-0.15, -0.1) is 5.10 Å². The topological polar surface area (TPSA) is 29.3 Å². The highest BCUT2D eigenvalue weighted by molar-refractivity contribution is 7.16. The Morgan fingerprint density at radius 2 is 1.72 bits per heavy atom. The van der Waals surface area contributed by atoms with Crippen LogP contribution >= 0.6 is 11.3 Å². The summed E-state index contributed by atoms with van der Waals surface area (Å²) in [4.78, 5) is 0.958. The van der Waals surface area contributed by atoms with E-state index in [0.717, 1.165) is 10.5 Å². The number of rotatable bonds is 2. The monoisotopic (exact) mass is 255 g/mol. The molecule has 1 heterocycles. The zero-order valence-electron chi connectivity index (χ0n) is 10.00. The minimum atomic E-state index is 0.958. The molecule has 0 atom stereocenters. The van der Waals surface area contributed by atoms with Crippen LogP contribution in [-0.2, 0) is 7.05 Å². The standard InChI is InChI=1S/C14H13N3S/c1-17-12-9-5-6-10-13(12)18-14(17)16-15-11-7-3-2-4-8-11/h2-10,15H,1H3/b16-14-. The molecule has 0 aliphatic carbocycles. The van der Waals surface area contributed by atoms with Gasteiger partial charge in [0.15, 0.2) is 0 Å².